The van der Waals surface area contributed by atoms with Crippen molar-refractivity contribution in [2.75, 3.05) is 5.75 Å². The molecule has 0 saturated heterocycles. The Kier molecular flexibility index (Phi) is 3.69. The third-order valence-corrected chi connectivity index (χ3v) is 4.15. The Balaban J connectivity index is 1.60. The summed E-state index contributed by atoms with van der Waals surface area (Å²) in [4.78, 5) is 18.1. The first-order valence-electron chi connectivity index (χ1n) is 6.31. The second-order valence-electron chi connectivity index (χ2n) is 4.62. The highest BCUT2D eigenvalue weighted by Crippen LogP contribution is 2.25. The number of fused-ring (bicyclic) bond motifs is 1. The van der Waals surface area contributed by atoms with Crippen molar-refractivity contribution in [1.29, 1.82) is 0 Å². The Hall–Kier alpha value is -1.88. The van der Waals surface area contributed by atoms with Gasteiger partial charge in [0.15, 0.2) is 0 Å². The van der Waals surface area contributed by atoms with Gasteiger partial charge in [-0.2, -0.15) is 0 Å². The maximum Gasteiger partial charge on any atom is 0.233 e. The molecule has 0 atom stereocenters. The number of aromatic nitrogens is 1. The van der Waals surface area contributed by atoms with Gasteiger partial charge in [0, 0.05) is 19.3 Å². The molecule has 1 aromatic carbocycles. The summed E-state index contributed by atoms with van der Waals surface area (Å²) in [6.07, 6.45) is 1.71. The molecule has 0 aliphatic carbocycles. The third kappa shape index (κ3) is 2.82. The van der Waals surface area contributed by atoms with E-state index in [2.05, 4.69) is 4.98 Å². The lowest BCUT2D eigenvalue weighted by molar-refractivity contribution is -0.128. The smallest absolute Gasteiger partial charge is 0.233 e. The van der Waals surface area contributed by atoms with Crippen molar-refractivity contribution in [3.63, 3.8) is 0 Å². The van der Waals surface area contributed by atoms with Crippen LogP contribution in [0.5, 0.6) is 0 Å². The van der Waals surface area contributed by atoms with Crippen LogP contribution in [0, 0.1) is 5.82 Å². The Morgan fingerprint density at radius 1 is 1.25 bits per heavy atom. The third-order valence-electron chi connectivity index (χ3n) is 3.22. The Morgan fingerprint density at radius 3 is 2.90 bits per heavy atom. The molecule has 5 heteroatoms. The summed E-state index contributed by atoms with van der Waals surface area (Å²) < 4.78 is 13.1. The summed E-state index contributed by atoms with van der Waals surface area (Å²) in [5.74, 6) is 0.159. The first kappa shape index (κ1) is 13.1. The van der Waals surface area contributed by atoms with Gasteiger partial charge in [-0.1, -0.05) is 23.9 Å². The summed E-state index contributed by atoms with van der Waals surface area (Å²) >= 11 is 1.42. The molecule has 0 bridgehead atoms. The van der Waals surface area contributed by atoms with Crippen LogP contribution in [0.15, 0.2) is 47.6 Å². The number of rotatable bonds is 3. The molecule has 1 aliphatic rings. The van der Waals surface area contributed by atoms with Gasteiger partial charge in [-0.15, -0.1) is 0 Å². The van der Waals surface area contributed by atoms with Crippen molar-refractivity contribution >= 4 is 17.7 Å². The lowest BCUT2D eigenvalue weighted by atomic mass is 10.1. The SMILES string of the molecule is O=C(CSc1ccccn1)N1Cc2ccc(F)cc2C1. The zero-order valence-corrected chi connectivity index (χ0v) is 11.6. The molecule has 102 valence electrons. The normalized spacial score (nSPS) is 13.3. The minimum Gasteiger partial charge on any atom is -0.333 e. The summed E-state index contributed by atoms with van der Waals surface area (Å²) in [6, 6.07) is 10.3. The van der Waals surface area contributed by atoms with E-state index in [0.29, 0.717) is 18.8 Å². The van der Waals surface area contributed by atoms with Crippen LogP contribution in [0.3, 0.4) is 0 Å². The minimum absolute atomic E-state index is 0.0530. The quantitative estimate of drug-likeness (QED) is 0.814. The molecule has 0 fully saturated rings. The van der Waals surface area contributed by atoms with E-state index >= 15 is 0 Å². The molecule has 2 heterocycles. The topological polar surface area (TPSA) is 33.2 Å². The van der Waals surface area contributed by atoms with E-state index in [1.54, 1.807) is 17.2 Å². The van der Waals surface area contributed by atoms with E-state index < -0.39 is 0 Å². The maximum atomic E-state index is 13.1. The molecule has 20 heavy (non-hydrogen) atoms. The van der Waals surface area contributed by atoms with Crippen LogP contribution in [-0.2, 0) is 17.9 Å². The van der Waals surface area contributed by atoms with Gasteiger partial charge >= 0.3 is 0 Å². The van der Waals surface area contributed by atoms with Gasteiger partial charge in [-0.3, -0.25) is 4.79 Å². The van der Waals surface area contributed by atoms with Crippen LogP contribution in [-0.4, -0.2) is 21.5 Å². The zero-order valence-electron chi connectivity index (χ0n) is 10.8. The highest BCUT2D eigenvalue weighted by Gasteiger charge is 2.23. The number of amides is 1. The van der Waals surface area contributed by atoms with Gasteiger partial charge in [-0.25, -0.2) is 9.37 Å². The van der Waals surface area contributed by atoms with E-state index in [0.717, 1.165) is 16.2 Å². The Morgan fingerprint density at radius 2 is 2.10 bits per heavy atom. The molecule has 0 spiro atoms. The van der Waals surface area contributed by atoms with Crippen LogP contribution in [0.1, 0.15) is 11.1 Å². The molecule has 3 rings (SSSR count). The molecule has 3 nitrogen and oxygen atoms in total. The number of pyridine rings is 1. The van der Waals surface area contributed by atoms with Gasteiger partial charge in [0.2, 0.25) is 5.91 Å². The van der Waals surface area contributed by atoms with Crippen LogP contribution in [0.25, 0.3) is 0 Å². The largest absolute Gasteiger partial charge is 0.333 e. The van der Waals surface area contributed by atoms with Crippen LogP contribution in [0.2, 0.25) is 0 Å². The first-order chi connectivity index (χ1) is 9.72. The molecule has 1 amide bonds. The minimum atomic E-state index is -0.249. The Labute approximate surface area is 120 Å². The molecule has 1 aliphatic heterocycles. The molecular weight excluding hydrogens is 275 g/mol. The molecule has 0 radical (unpaired) electrons. The van der Waals surface area contributed by atoms with Crippen molar-refractivity contribution in [1.82, 2.24) is 9.88 Å². The van der Waals surface area contributed by atoms with E-state index in [1.165, 1.54) is 23.9 Å². The summed E-state index contributed by atoms with van der Waals surface area (Å²) in [5, 5.41) is 0.837. The maximum absolute atomic E-state index is 13.1. The Bertz CT molecular complexity index is 633. The summed E-state index contributed by atoms with van der Waals surface area (Å²) in [6.45, 7) is 1.06. The van der Waals surface area contributed by atoms with Crippen molar-refractivity contribution in [2.24, 2.45) is 0 Å². The number of nitrogens with zero attached hydrogens (tertiary/aromatic N) is 2. The van der Waals surface area contributed by atoms with E-state index in [-0.39, 0.29) is 11.7 Å². The second-order valence-corrected chi connectivity index (χ2v) is 5.62. The number of hydrogen-bond acceptors (Lipinski definition) is 3. The van der Waals surface area contributed by atoms with Crippen molar-refractivity contribution in [3.8, 4) is 0 Å². The average Bonchev–Trinajstić information content (AvgIpc) is 2.89. The van der Waals surface area contributed by atoms with Crippen molar-refractivity contribution in [3.05, 3.63) is 59.5 Å². The number of hydrogen-bond donors (Lipinski definition) is 0. The second kappa shape index (κ2) is 5.63. The molecule has 0 saturated carbocycles. The van der Waals surface area contributed by atoms with Crippen LogP contribution < -0.4 is 0 Å². The fourth-order valence-corrected chi connectivity index (χ4v) is 2.96. The lowest BCUT2D eigenvalue weighted by Crippen LogP contribution is -2.26. The fraction of sp³-hybridized carbons (Fsp3) is 0.200. The fourth-order valence-electron chi connectivity index (χ4n) is 2.20. The van der Waals surface area contributed by atoms with Gasteiger partial charge in [0.1, 0.15) is 5.82 Å². The number of carbonyl (C=O) groups is 1. The molecular formula is C15H13FN2OS. The predicted molar refractivity (Wildman–Crippen MR) is 75.6 cm³/mol. The van der Waals surface area contributed by atoms with E-state index in [1.807, 2.05) is 18.2 Å². The average molecular weight is 288 g/mol. The van der Waals surface area contributed by atoms with Crippen LogP contribution in [0.4, 0.5) is 4.39 Å². The summed E-state index contributed by atoms with van der Waals surface area (Å²) in [5.41, 5.74) is 1.93. The van der Waals surface area contributed by atoms with Gasteiger partial charge in [-0.05, 0) is 35.4 Å². The molecule has 0 unspecified atom stereocenters. The summed E-state index contributed by atoms with van der Waals surface area (Å²) in [7, 11) is 0. The highest BCUT2D eigenvalue weighted by atomic mass is 32.2. The number of benzene rings is 1. The number of halogens is 1. The lowest BCUT2D eigenvalue weighted by Gasteiger charge is -2.14. The molecule has 2 aromatic rings. The molecule has 1 aromatic heterocycles. The first-order valence-corrected chi connectivity index (χ1v) is 7.30. The standard InChI is InChI=1S/C15H13FN2OS/c16-13-5-4-11-8-18(9-12(11)7-13)15(19)10-20-14-3-1-2-6-17-14/h1-7H,8-10H2. The number of thioether (sulfide) groups is 1. The van der Waals surface area contributed by atoms with Gasteiger partial charge in [0.25, 0.3) is 0 Å². The monoisotopic (exact) mass is 288 g/mol. The van der Waals surface area contributed by atoms with Crippen molar-refractivity contribution in [2.45, 2.75) is 18.1 Å². The number of carbonyl (C=O) groups excluding carboxylic acids is 1. The van der Waals surface area contributed by atoms with E-state index in [4.69, 9.17) is 0 Å². The zero-order chi connectivity index (χ0) is 13.9. The predicted octanol–water partition coefficient (Wildman–Crippen LogP) is 2.86. The van der Waals surface area contributed by atoms with Crippen LogP contribution >= 0.6 is 11.8 Å². The van der Waals surface area contributed by atoms with Gasteiger partial charge < -0.3 is 4.90 Å². The molecule has 0 N–H and O–H groups in total. The van der Waals surface area contributed by atoms with E-state index in [9.17, 15) is 9.18 Å². The highest BCUT2D eigenvalue weighted by molar-refractivity contribution is 7.99. The van der Waals surface area contributed by atoms with Crippen molar-refractivity contribution < 1.29 is 9.18 Å². The van der Waals surface area contributed by atoms with Gasteiger partial charge in [0.05, 0.1) is 10.8 Å².